The molecule has 0 radical (unpaired) electrons. The Morgan fingerprint density at radius 2 is 1.78 bits per heavy atom. The molecular weight excluding hydrogens is 329 g/mol. The van der Waals surface area contributed by atoms with Crippen molar-refractivity contribution in [3.05, 3.63) is 64.7 Å². The Labute approximate surface area is 149 Å². The maximum absolute atomic E-state index is 6.15. The lowest BCUT2D eigenvalue weighted by atomic mass is 10.1. The number of ether oxygens (including phenoxy) is 1. The van der Waals surface area contributed by atoms with Crippen LogP contribution in [-0.2, 0) is 13.2 Å². The van der Waals surface area contributed by atoms with E-state index in [9.17, 15) is 0 Å². The fourth-order valence-corrected chi connectivity index (χ4v) is 3.14. The van der Waals surface area contributed by atoms with E-state index in [1.165, 1.54) is 31.2 Å². The van der Waals surface area contributed by atoms with Crippen LogP contribution in [0.2, 0.25) is 5.02 Å². The molecule has 2 nitrogen and oxygen atoms in total. The third-order valence-electron chi connectivity index (χ3n) is 4.20. The molecular formula is C19H23Cl2NO. The number of rotatable bonds is 6. The van der Waals surface area contributed by atoms with Gasteiger partial charge >= 0.3 is 0 Å². The van der Waals surface area contributed by atoms with Crippen LogP contribution in [0.15, 0.2) is 48.5 Å². The zero-order chi connectivity index (χ0) is 15.2. The highest BCUT2D eigenvalue weighted by Crippen LogP contribution is 2.25. The summed E-state index contributed by atoms with van der Waals surface area (Å²) in [4.78, 5) is 0. The van der Waals surface area contributed by atoms with Gasteiger partial charge in [0.2, 0.25) is 0 Å². The molecule has 0 saturated heterocycles. The van der Waals surface area contributed by atoms with Gasteiger partial charge in [-0.05, 0) is 36.6 Å². The Morgan fingerprint density at radius 3 is 2.52 bits per heavy atom. The van der Waals surface area contributed by atoms with Crippen LogP contribution < -0.4 is 10.1 Å². The second-order valence-electron chi connectivity index (χ2n) is 5.89. The maximum atomic E-state index is 6.15. The molecule has 0 spiro atoms. The second kappa shape index (κ2) is 9.17. The minimum Gasteiger partial charge on any atom is -0.489 e. The van der Waals surface area contributed by atoms with Gasteiger partial charge in [0.05, 0.1) is 0 Å². The van der Waals surface area contributed by atoms with E-state index in [1.807, 2.05) is 36.4 Å². The highest BCUT2D eigenvalue weighted by molar-refractivity contribution is 6.30. The standard InChI is InChI=1S/C19H22ClNO.ClH/c20-17-10-11-19(22-14-15-6-2-1-3-7-15)16(12-17)13-21-18-8-4-5-9-18;/h1-3,6-7,10-12,18,21H,4-5,8-9,13-14H2;1H. The van der Waals surface area contributed by atoms with Gasteiger partial charge in [0.1, 0.15) is 12.4 Å². The molecule has 0 aliphatic heterocycles. The fraction of sp³-hybridized carbons (Fsp3) is 0.368. The molecule has 1 saturated carbocycles. The largest absolute Gasteiger partial charge is 0.489 e. The van der Waals surface area contributed by atoms with Crippen LogP contribution >= 0.6 is 24.0 Å². The van der Waals surface area contributed by atoms with Crippen molar-refractivity contribution in [2.75, 3.05) is 0 Å². The van der Waals surface area contributed by atoms with E-state index in [1.54, 1.807) is 0 Å². The minimum atomic E-state index is 0. The molecule has 0 bridgehead atoms. The molecule has 0 amide bonds. The van der Waals surface area contributed by atoms with E-state index in [2.05, 4.69) is 17.4 Å². The number of benzene rings is 2. The summed E-state index contributed by atoms with van der Waals surface area (Å²) in [6.45, 7) is 1.40. The fourth-order valence-electron chi connectivity index (χ4n) is 2.95. The first kappa shape index (κ1) is 18.1. The summed E-state index contributed by atoms with van der Waals surface area (Å²) in [6, 6.07) is 16.7. The lowest BCUT2D eigenvalue weighted by molar-refractivity contribution is 0.301. The van der Waals surface area contributed by atoms with Gasteiger partial charge in [0.25, 0.3) is 0 Å². The van der Waals surface area contributed by atoms with Gasteiger partial charge in [-0.1, -0.05) is 54.8 Å². The van der Waals surface area contributed by atoms with Crippen LogP contribution in [0.3, 0.4) is 0 Å². The van der Waals surface area contributed by atoms with Crippen LogP contribution in [0, 0.1) is 0 Å². The van der Waals surface area contributed by atoms with Crippen molar-refractivity contribution in [3.63, 3.8) is 0 Å². The first-order valence-corrected chi connectivity index (χ1v) is 8.37. The first-order valence-electron chi connectivity index (χ1n) is 8.00. The maximum Gasteiger partial charge on any atom is 0.124 e. The van der Waals surface area contributed by atoms with Crippen LogP contribution in [-0.4, -0.2) is 6.04 Å². The predicted molar refractivity (Wildman–Crippen MR) is 98.6 cm³/mol. The predicted octanol–water partition coefficient (Wildman–Crippen LogP) is 5.37. The van der Waals surface area contributed by atoms with Crippen molar-refractivity contribution in [2.45, 2.75) is 44.9 Å². The SMILES string of the molecule is Cl.Clc1ccc(OCc2ccccc2)c(CNC2CCCC2)c1. The molecule has 0 aromatic heterocycles. The van der Waals surface area contributed by atoms with Crippen molar-refractivity contribution < 1.29 is 4.74 Å². The van der Waals surface area contributed by atoms with Crippen LogP contribution in [0.5, 0.6) is 5.75 Å². The molecule has 4 heteroatoms. The van der Waals surface area contributed by atoms with E-state index < -0.39 is 0 Å². The van der Waals surface area contributed by atoms with E-state index in [0.717, 1.165) is 22.9 Å². The zero-order valence-corrected chi connectivity index (χ0v) is 14.7. The number of hydrogen-bond donors (Lipinski definition) is 1. The third kappa shape index (κ3) is 5.42. The molecule has 23 heavy (non-hydrogen) atoms. The topological polar surface area (TPSA) is 21.3 Å². The van der Waals surface area contributed by atoms with Gasteiger partial charge < -0.3 is 10.1 Å². The first-order chi connectivity index (χ1) is 10.8. The summed E-state index contributed by atoms with van der Waals surface area (Å²) in [7, 11) is 0. The molecule has 1 fully saturated rings. The van der Waals surface area contributed by atoms with E-state index >= 15 is 0 Å². The van der Waals surface area contributed by atoms with Gasteiger partial charge in [0, 0.05) is 23.2 Å². The molecule has 124 valence electrons. The monoisotopic (exact) mass is 351 g/mol. The Morgan fingerprint density at radius 1 is 1.04 bits per heavy atom. The summed E-state index contributed by atoms with van der Waals surface area (Å²) >= 11 is 6.15. The highest BCUT2D eigenvalue weighted by atomic mass is 35.5. The Balaban J connectivity index is 0.00000192. The summed E-state index contributed by atoms with van der Waals surface area (Å²) in [5, 5.41) is 4.38. The quantitative estimate of drug-likeness (QED) is 0.754. The van der Waals surface area contributed by atoms with E-state index in [-0.39, 0.29) is 12.4 Å². The molecule has 0 unspecified atom stereocenters. The van der Waals surface area contributed by atoms with Crippen molar-refractivity contribution in [1.82, 2.24) is 5.32 Å². The molecule has 3 rings (SSSR count). The van der Waals surface area contributed by atoms with Crippen LogP contribution in [0.25, 0.3) is 0 Å². The smallest absolute Gasteiger partial charge is 0.124 e. The van der Waals surface area contributed by atoms with Gasteiger partial charge in [-0.2, -0.15) is 0 Å². The average Bonchev–Trinajstić information content (AvgIpc) is 3.06. The third-order valence-corrected chi connectivity index (χ3v) is 4.43. The van der Waals surface area contributed by atoms with Crippen molar-refractivity contribution >= 4 is 24.0 Å². The van der Waals surface area contributed by atoms with Gasteiger partial charge in [-0.25, -0.2) is 0 Å². The highest BCUT2D eigenvalue weighted by Gasteiger charge is 2.15. The molecule has 1 N–H and O–H groups in total. The summed E-state index contributed by atoms with van der Waals surface area (Å²) in [6.07, 6.45) is 5.23. The average molecular weight is 352 g/mol. The summed E-state index contributed by atoms with van der Waals surface area (Å²) in [5.74, 6) is 0.916. The summed E-state index contributed by atoms with van der Waals surface area (Å²) < 4.78 is 5.99. The van der Waals surface area contributed by atoms with Crippen molar-refractivity contribution in [2.24, 2.45) is 0 Å². The van der Waals surface area contributed by atoms with E-state index in [0.29, 0.717) is 12.6 Å². The molecule has 1 aliphatic rings. The van der Waals surface area contributed by atoms with Gasteiger partial charge in [-0.15, -0.1) is 12.4 Å². The molecule has 0 atom stereocenters. The molecule has 0 heterocycles. The van der Waals surface area contributed by atoms with Crippen molar-refractivity contribution in [1.29, 1.82) is 0 Å². The molecule has 2 aromatic carbocycles. The Bertz CT molecular complexity index is 598. The number of hydrogen-bond acceptors (Lipinski definition) is 2. The lowest BCUT2D eigenvalue weighted by Gasteiger charge is -2.16. The normalized spacial score (nSPS) is 14.5. The Kier molecular flexibility index (Phi) is 7.22. The number of nitrogens with one attached hydrogen (secondary N) is 1. The van der Waals surface area contributed by atoms with Gasteiger partial charge in [-0.3, -0.25) is 0 Å². The minimum absolute atomic E-state index is 0. The second-order valence-corrected chi connectivity index (χ2v) is 6.33. The Hall–Kier alpha value is -1.22. The zero-order valence-electron chi connectivity index (χ0n) is 13.1. The van der Waals surface area contributed by atoms with Crippen molar-refractivity contribution in [3.8, 4) is 5.75 Å². The van der Waals surface area contributed by atoms with Crippen LogP contribution in [0.4, 0.5) is 0 Å². The van der Waals surface area contributed by atoms with Crippen LogP contribution in [0.1, 0.15) is 36.8 Å². The van der Waals surface area contributed by atoms with E-state index in [4.69, 9.17) is 16.3 Å². The molecule has 2 aromatic rings. The number of halogens is 2. The molecule has 1 aliphatic carbocycles. The van der Waals surface area contributed by atoms with Gasteiger partial charge in [0.15, 0.2) is 0 Å². The lowest BCUT2D eigenvalue weighted by Crippen LogP contribution is -2.25. The summed E-state index contributed by atoms with van der Waals surface area (Å²) in [5.41, 5.74) is 2.31.